The van der Waals surface area contributed by atoms with Gasteiger partial charge in [0.1, 0.15) is 10.6 Å². The second-order valence-electron chi connectivity index (χ2n) is 3.87. The molecule has 0 fully saturated rings. The summed E-state index contributed by atoms with van der Waals surface area (Å²) in [6.45, 7) is 0.146. The molecule has 0 atom stereocenters. The number of esters is 1. The van der Waals surface area contributed by atoms with E-state index in [2.05, 4.69) is 25.4 Å². The molecule has 0 bridgehead atoms. The van der Waals surface area contributed by atoms with Crippen molar-refractivity contribution in [1.82, 2.24) is 4.72 Å². The molecule has 0 unspecified atom stereocenters. The normalized spacial score (nSPS) is 11.2. The van der Waals surface area contributed by atoms with Gasteiger partial charge in [-0.25, -0.2) is 13.1 Å². The van der Waals surface area contributed by atoms with E-state index in [1.54, 1.807) is 12.1 Å². The van der Waals surface area contributed by atoms with E-state index in [1.807, 2.05) is 0 Å². The van der Waals surface area contributed by atoms with Crippen LogP contribution in [0.5, 0.6) is 5.75 Å². The van der Waals surface area contributed by atoms with Gasteiger partial charge < -0.3 is 9.47 Å². The SMILES string of the molecule is COC(=O)CCCNS(=O)(=O)c1cc(Br)ccc1OC. The molecule has 6 nitrogen and oxygen atoms in total. The van der Waals surface area contributed by atoms with Crippen LogP contribution >= 0.6 is 15.9 Å². The Labute approximate surface area is 126 Å². The van der Waals surface area contributed by atoms with E-state index < -0.39 is 10.0 Å². The molecule has 20 heavy (non-hydrogen) atoms. The van der Waals surface area contributed by atoms with Gasteiger partial charge in [-0.3, -0.25) is 4.79 Å². The number of ether oxygens (including phenoxy) is 2. The maximum absolute atomic E-state index is 12.2. The molecule has 0 saturated carbocycles. The summed E-state index contributed by atoms with van der Waals surface area (Å²) in [5, 5.41) is 0. The van der Waals surface area contributed by atoms with Crippen LogP contribution in [0.1, 0.15) is 12.8 Å². The zero-order valence-corrected chi connectivity index (χ0v) is 13.6. The lowest BCUT2D eigenvalue weighted by atomic mass is 10.3. The number of carbonyl (C=O) groups excluding carboxylic acids is 1. The number of nitrogens with one attached hydrogen (secondary N) is 1. The van der Waals surface area contributed by atoms with Crippen molar-refractivity contribution >= 4 is 31.9 Å². The van der Waals surface area contributed by atoms with E-state index in [1.165, 1.54) is 20.3 Å². The van der Waals surface area contributed by atoms with Gasteiger partial charge in [0.15, 0.2) is 0 Å². The molecule has 0 aliphatic carbocycles. The van der Waals surface area contributed by atoms with Crippen molar-refractivity contribution in [3.05, 3.63) is 22.7 Å². The first kappa shape index (κ1) is 16.9. The van der Waals surface area contributed by atoms with E-state index in [0.717, 1.165) is 0 Å². The first-order valence-corrected chi connectivity index (χ1v) is 8.08. The number of benzene rings is 1. The molecule has 0 heterocycles. The average molecular weight is 366 g/mol. The minimum absolute atomic E-state index is 0.0486. The fourth-order valence-electron chi connectivity index (χ4n) is 1.48. The lowest BCUT2D eigenvalue weighted by Crippen LogP contribution is -2.25. The van der Waals surface area contributed by atoms with E-state index in [-0.39, 0.29) is 29.6 Å². The molecule has 0 saturated heterocycles. The van der Waals surface area contributed by atoms with Gasteiger partial charge in [0.2, 0.25) is 10.0 Å². The summed E-state index contributed by atoms with van der Waals surface area (Å²) >= 11 is 3.22. The van der Waals surface area contributed by atoms with E-state index in [9.17, 15) is 13.2 Å². The maximum atomic E-state index is 12.2. The molecule has 1 aromatic rings. The number of carbonyl (C=O) groups is 1. The predicted molar refractivity (Wildman–Crippen MR) is 77.1 cm³/mol. The Bertz CT molecular complexity index is 573. The Morgan fingerprint density at radius 2 is 2.05 bits per heavy atom. The molecule has 1 rings (SSSR count). The van der Waals surface area contributed by atoms with Crippen LogP contribution in [0.25, 0.3) is 0 Å². The second kappa shape index (κ2) is 7.61. The number of hydrogen-bond acceptors (Lipinski definition) is 5. The highest BCUT2D eigenvalue weighted by Crippen LogP contribution is 2.26. The zero-order valence-electron chi connectivity index (χ0n) is 11.2. The van der Waals surface area contributed by atoms with Gasteiger partial charge in [0, 0.05) is 17.4 Å². The van der Waals surface area contributed by atoms with Gasteiger partial charge in [-0.1, -0.05) is 15.9 Å². The largest absolute Gasteiger partial charge is 0.495 e. The van der Waals surface area contributed by atoms with Crippen LogP contribution in [0.2, 0.25) is 0 Å². The third-order valence-electron chi connectivity index (χ3n) is 2.49. The molecule has 112 valence electrons. The molecule has 0 radical (unpaired) electrons. The summed E-state index contributed by atoms with van der Waals surface area (Å²) in [7, 11) is -0.994. The van der Waals surface area contributed by atoms with Crippen molar-refractivity contribution in [2.45, 2.75) is 17.7 Å². The highest BCUT2D eigenvalue weighted by Gasteiger charge is 2.19. The summed E-state index contributed by atoms with van der Waals surface area (Å²) in [6.07, 6.45) is 0.525. The first-order chi connectivity index (χ1) is 9.40. The standard InChI is InChI=1S/C12H16BrNO5S/c1-18-10-6-5-9(13)8-11(10)20(16,17)14-7-3-4-12(15)19-2/h5-6,8,14H,3-4,7H2,1-2H3. The monoisotopic (exact) mass is 365 g/mol. The van der Waals surface area contributed by atoms with Crippen LogP contribution in [0, 0.1) is 0 Å². The molecule has 0 amide bonds. The van der Waals surface area contributed by atoms with Crippen molar-refractivity contribution in [2.24, 2.45) is 0 Å². The van der Waals surface area contributed by atoms with Gasteiger partial charge >= 0.3 is 5.97 Å². The van der Waals surface area contributed by atoms with Crippen LogP contribution in [0.15, 0.2) is 27.6 Å². The number of rotatable bonds is 7. The minimum Gasteiger partial charge on any atom is -0.495 e. The predicted octanol–water partition coefficient (Wildman–Crippen LogP) is 1.69. The average Bonchev–Trinajstić information content (AvgIpc) is 2.43. The van der Waals surface area contributed by atoms with Crippen molar-refractivity contribution in [1.29, 1.82) is 0 Å². The van der Waals surface area contributed by atoms with Crippen molar-refractivity contribution < 1.29 is 22.7 Å². The Hall–Kier alpha value is -1.12. The number of methoxy groups -OCH3 is 2. The number of sulfonamides is 1. The third-order valence-corrected chi connectivity index (χ3v) is 4.47. The summed E-state index contributed by atoms with van der Waals surface area (Å²) in [5.74, 6) is -0.113. The molecule has 0 aliphatic rings. The topological polar surface area (TPSA) is 81.7 Å². The second-order valence-corrected chi connectivity index (χ2v) is 6.52. The van der Waals surface area contributed by atoms with E-state index in [0.29, 0.717) is 10.9 Å². The maximum Gasteiger partial charge on any atom is 0.305 e. The quantitative estimate of drug-likeness (QED) is 0.587. The Kier molecular flexibility index (Phi) is 6.44. The van der Waals surface area contributed by atoms with Gasteiger partial charge in [-0.15, -0.1) is 0 Å². The summed E-state index contributed by atoms with van der Waals surface area (Å²) in [5.41, 5.74) is 0. The van der Waals surface area contributed by atoms with Crippen LogP contribution in [-0.4, -0.2) is 35.2 Å². The third kappa shape index (κ3) is 4.77. The van der Waals surface area contributed by atoms with Crippen LogP contribution in [-0.2, 0) is 19.6 Å². The highest BCUT2D eigenvalue weighted by atomic mass is 79.9. The van der Waals surface area contributed by atoms with Gasteiger partial charge in [-0.05, 0) is 24.6 Å². The summed E-state index contributed by atoms with van der Waals surface area (Å²) < 4.78 is 36.9. The van der Waals surface area contributed by atoms with Crippen molar-refractivity contribution in [3.8, 4) is 5.75 Å². The molecule has 0 spiro atoms. The molecular weight excluding hydrogens is 350 g/mol. The number of halogens is 1. The minimum atomic E-state index is -3.69. The molecule has 1 N–H and O–H groups in total. The zero-order chi connectivity index (χ0) is 15.2. The van der Waals surface area contributed by atoms with Crippen molar-refractivity contribution in [2.75, 3.05) is 20.8 Å². The fourth-order valence-corrected chi connectivity index (χ4v) is 3.26. The van der Waals surface area contributed by atoms with E-state index >= 15 is 0 Å². The van der Waals surface area contributed by atoms with Crippen LogP contribution in [0.3, 0.4) is 0 Å². The molecular formula is C12H16BrNO5S. The Morgan fingerprint density at radius 1 is 1.35 bits per heavy atom. The van der Waals surface area contributed by atoms with Gasteiger partial charge in [-0.2, -0.15) is 0 Å². The fraction of sp³-hybridized carbons (Fsp3) is 0.417. The molecule has 8 heteroatoms. The smallest absolute Gasteiger partial charge is 0.305 e. The van der Waals surface area contributed by atoms with Crippen LogP contribution < -0.4 is 9.46 Å². The lowest BCUT2D eigenvalue weighted by molar-refractivity contribution is -0.140. The summed E-state index contributed by atoms with van der Waals surface area (Å²) in [6, 6.07) is 4.71. The lowest BCUT2D eigenvalue weighted by Gasteiger charge is -2.11. The molecule has 0 aliphatic heterocycles. The molecule has 1 aromatic carbocycles. The Balaban J connectivity index is 2.74. The number of hydrogen-bond donors (Lipinski definition) is 1. The highest BCUT2D eigenvalue weighted by molar-refractivity contribution is 9.10. The van der Waals surface area contributed by atoms with Crippen molar-refractivity contribution in [3.63, 3.8) is 0 Å². The van der Waals surface area contributed by atoms with Gasteiger partial charge in [0.25, 0.3) is 0 Å². The first-order valence-electron chi connectivity index (χ1n) is 5.80. The Morgan fingerprint density at radius 3 is 2.65 bits per heavy atom. The summed E-state index contributed by atoms with van der Waals surface area (Å²) in [4.78, 5) is 11.0. The molecule has 0 aromatic heterocycles. The van der Waals surface area contributed by atoms with Crippen LogP contribution in [0.4, 0.5) is 0 Å². The van der Waals surface area contributed by atoms with Gasteiger partial charge in [0.05, 0.1) is 14.2 Å². The van der Waals surface area contributed by atoms with E-state index in [4.69, 9.17) is 4.74 Å².